The molecule has 0 radical (unpaired) electrons. The van der Waals surface area contributed by atoms with Crippen LogP contribution >= 0.6 is 0 Å². The first-order valence-corrected chi connectivity index (χ1v) is 8.16. The number of hydrogen-bond acceptors (Lipinski definition) is 5. The highest BCUT2D eigenvalue weighted by Gasteiger charge is 2.25. The van der Waals surface area contributed by atoms with Gasteiger partial charge in [-0.1, -0.05) is 13.0 Å². The Bertz CT molecular complexity index is 901. The second kappa shape index (κ2) is 6.17. The summed E-state index contributed by atoms with van der Waals surface area (Å²) in [4.78, 5) is 20.5. The molecule has 5 nitrogen and oxygen atoms in total. The summed E-state index contributed by atoms with van der Waals surface area (Å²) in [5.41, 5.74) is 5.89. The molecular formula is C19H18N2O3. The summed E-state index contributed by atoms with van der Waals surface area (Å²) in [5, 5.41) is 0. The van der Waals surface area contributed by atoms with Crippen molar-refractivity contribution in [3.8, 4) is 11.1 Å². The SMILES string of the molecule is CCC(=O)CC1COCc2c(-c3ccc4ocnc4c3)cncc21. The van der Waals surface area contributed by atoms with E-state index in [0.717, 1.165) is 33.4 Å². The van der Waals surface area contributed by atoms with E-state index in [0.29, 0.717) is 26.1 Å². The van der Waals surface area contributed by atoms with E-state index in [9.17, 15) is 4.79 Å². The average molecular weight is 322 g/mol. The summed E-state index contributed by atoms with van der Waals surface area (Å²) in [5.74, 6) is 0.343. The van der Waals surface area contributed by atoms with E-state index < -0.39 is 0 Å². The van der Waals surface area contributed by atoms with Crippen LogP contribution < -0.4 is 0 Å². The van der Waals surface area contributed by atoms with Crippen molar-refractivity contribution in [1.29, 1.82) is 0 Å². The van der Waals surface area contributed by atoms with Gasteiger partial charge in [0.05, 0.1) is 13.2 Å². The molecule has 0 bridgehead atoms. The maximum Gasteiger partial charge on any atom is 0.181 e. The molecule has 0 saturated heterocycles. The molecule has 0 amide bonds. The van der Waals surface area contributed by atoms with E-state index in [-0.39, 0.29) is 11.7 Å². The van der Waals surface area contributed by atoms with Gasteiger partial charge in [-0.15, -0.1) is 0 Å². The van der Waals surface area contributed by atoms with Crippen LogP contribution in [0.5, 0.6) is 0 Å². The van der Waals surface area contributed by atoms with Crippen LogP contribution in [0.25, 0.3) is 22.2 Å². The standard InChI is InChI=1S/C19H18N2O3/c1-2-14(22)5-13-9-23-10-17-15(7-20-8-16(13)17)12-3-4-19-18(6-12)21-11-24-19/h3-4,6-8,11,13H,2,5,9-10H2,1H3. The van der Waals surface area contributed by atoms with Gasteiger partial charge in [-0.25, -0.2) is 4.98 Å². The monoisotopic (exact) mass is 322 g/mol. The summed E-state index contributed by atoms with van der Waals surface area (Å²) in [6, 6.07) is 5.92. The maximum absolute atomic E-state index is 11.9. The van der Waals surface area contributed by atoms with Crippen molar-refractivity contribution in [2.75, 3.05) is 6.61 Å². The number of benzene rings is 1. The van der Waals surface area contributed by atoms with Crippen molar-refractivity contribution in [1.82, 2.24) is 9.97 Å². The molecule has 5 heteroatoms. The van der Waals surface area contributed by atoms with E-state index >= 15 is 0 Å². The first-order chi connectivity index (χ1) is 11.8. The summed E-state index contributed by atoms with van der Waals surface area (Å²) < 4.78 is 11.1. The van der Waals surface area contributed by atoms with Crippen molar-refractivity contribution in [3.05, 3.63) is 48.1 Å². The van der Waals surface area contributed by atoms with Gasteiger partial charge in [0, 0.05) is 36.7 Å². The molecule has 0 N–H and O–H groups in total. The number of carbonyl (C=O) groups excluding carboxylic acids is 1. The molecule has 0 aliphatic carbocycles. The first kappa shape index (κ1) is 15.0. The zero-order chi connectivity index (χ0) is 16.5. The number of pyridine rings is 1. The predicted octanol–water partition coefficient (Wildman–Crippen LogP) is 3.87. The normalized spacial score (nSPS) is 17.0. The number of ketones is 1. The highest BCUT2D eigenvalue weighted by atomic mass is 16.5. The quantitative estimate of drug-likeness (QED) is 0.729. The van der Waals surface area contributed by atoms with Gasteiger partial charge >= 0.3 is 0 Å². The molecule has 0 spiro atoms. The Morgan fingerprint density at radius 2 is 2.25 bits per heavy atom. The van der Waals surface area contributed by atoms with Crippen LogP contribution in [-0.4, -0.2) is 22.4 Å². The van der Waals surface area contributed by atoms with Crippen LogP contribution in [0.15, 0.2) is 41.4 Å². The Morgan fingerprint density at radius 3 is 3.12 bits per heavy atom. The molecule has 3 aromatic rings. The van der Waals surface area contributed by atoms with Crippen LogP contribution in [0, 0.1) is 0 Å². The summed E-state index contributed by atoms with van der Waals surface area (Å²) in [7, 11) is 0. The molecule has 24 heavy (non-hydrogen) atoms. The molecule has 0 saturated carbocycles. The third-order valence-corrected chi connectivity index (χ3v) is 4.61. The molecule has 1 aromatic carbocycles. The van der Waals surface area contributed by atoms with E-state index in [4.69, 9.17) is 9.15 Å². The molecule has 1 unspecified atom stereocenters. The van der Waals surface area contributed by atoms with Crippen LogP contribution in [0.3, 0.4) is 0 Å². The van der Waals surface area contributed by atoms with Gasteiger partial charge in [0.1, 0.15) is 11.3 Å². The number of aromatic nitrogens is 2. The van der Waals surface area contributed by atoms with E-state index in [1.807, 2.05) is 37.5 Å². The van der Waals surface area contributed by atoms with Crippen molar-refractivity contribution in [2.45, 2.75) is 32.3 Å². The number of oxazole rings is 1. The Kier molecular flexibility index (Phi) is 3.86. The van der Waals surface area contributed by atoms with Gasteiger partial charge < -0.3 is 9.15 Å². The largest absolute Gasteiger partial charge is 0.443 e. The lowest BCUT2D eigenvalue weighted by Crippen LogP contribution is -2.20. The summed E-state index contributed by atoms with van der Waals surface area (Å²) in [6.45, 7) is 3.02. The van der Waals surface area contributed by atoms with Gasteiger partial charge in [0.2, 0.25) is 0 Å². The predicted molar refractivity (Wildman–Crippen MR) is 89.6 cm³/mol. The molecule has 0 fully saturated rings. The van der Waals surface area contributed by atoms with Crippen LogP contribution in [-0.2, 0) is 16.1 Å². The fourth-order valence-electron chi connectivity index (χ4n) is 3.27. The number of hydrogen-bond donors (Lipinski definition) is 0. The number of rotatable bonds is 4. The fourth-order valence-corrected chi connectivity index (χ4v) is 3.27. The number of carbonyl (C=O) groups is 1. The zero-order valence-corrected chi connectivity index (χ0v) is 13.5. The molecule has 1 aliphatic heterocycles. The highest BCUT2D eigenvalue weighted by molar-refractivity contribution is 5.82. The Labute approximate surface area is 139 Å². The van der Waals surface area contributed by atoms with Gasteiger partial charge in [0.25, 0.3) is 0 Å². The minimum Gasteiger partial charge on any atom is -0.443 e. The van der Waals surface area contributed by atoms with Crippen molar-refractivity contribution >= 4 is 16.9 Å². The van der Waals surface area contributed by atoms with E-state index in [1.54, 1.807) is 0 Å². The lowest BCUT2D eigenvalue weighted by atomic mass is 9.87. The minimum absolute atomic E-state index is 0.0874. The lowest BCUT2D eigenvalue weighted by molar-refractivity contribution is -0.119. The zero-order valence-electron chi connectivity index (χ0n) is 13.5. The molecule has 4 rings (SSSR count). The molecular weight excluding hydrogens is 304 g/mol. The van der Waals surface area contributed by atoms with E-state index in [1.165, 1.54) is 6.39 Å². The second-order valence-electron chi connectivity index (χ2n) is 6.10. The van der Waals surface area contributed by atoms with Crippen molar-refractivity contribution in [2.24, 2.45) is 0 Å². The first-order valence-electron chi connectivity index (χ1n) is 8.16. The molecule has 2 aromatic heterocycles. The third-order valence-electron chi connectivity index (χ3n) is 4.61. The number of Topliss-reactive ketones (excluding diaryl/α,β-unsaturated/α-hetero) is 1. The van der Waals surface area contributed by atoms with E-state index in [2.05, 4.69) is 9.97 Å². The van der Waals surface area contributed by atoms with Crippen LogP contribution in [0.2, 0.25) is 0 Å². The second-order valence-corrected chi connectivity index (χ2v) is 6.10. The van der Waals surface area contributed by atoms with Crippen molar-refractivity contribution < 1.29 is 13.9 Å². The molecule has 1 aliphatic rings. The van der Waals surface area contributed by atoms with Gasteiger partial charge in [-0.3, -0.25) is 9.78 Å². The Hall–Kier alpha value is -2.53. The van der Waals surface area contributed by atoms with Gasteiger partial charge in [-0.2, -0.15) is 0 Å². The highest BCUT2D eigenvalue weighted by Crippen LogP contribution is 2.36. The summed E-state index contributed by atoms with van der Waals surface area (Å²) in [6.07, 6.45) is 6.25. The van der Waals surface area contributed by atoms with Gasteiger partial charge in [0.15, 0.2) is 12.0 Å². The Balaban J connectivity index is 1.77. The lowest BCUT2D eigenvalue weighted by Gasteiger charge is -2.26. The van der Waals surface area contributed by atoms with Crippen molar-refractivity contribution in [3.63, 3.8) is 0 Å². The van der Waals surface area contributed by atoms with Crippen LogP contribution in [0.4, 0.5) is 0 Å². The smallest absolute Gasteiger partial charge is 0.181 e. The minimum atomic E-state index is 0.0874. The summed E-state index contributed by atoms with van der Waals surface area (Å²) >= 11 is 0. The number of fused-ring (bicyclic) bond motifs is 2. The molecule has 122 valence electrons. The number of nitrogens with zero attached hydrogens (tertiary/aromatic N) is 2. The topological polar surface area (TPSA) is 65.2 Å². The Morgan fingerprint density at radius 1 is 1.33 bits per heavy atom. The number of ether oxygens (including phenoxy) is 1. The maximum atomic E-state index is 11.9. The average Bonchev–Trinajstić information content (AvgIpc) is 3.09. The molecule has 1 atom stereocenters. The van der Waals surface area contributed by atoms with Crippen LogP contribution in [0.1, 0.15) is 36.8 Å². The van der Waals surface area contributed by atoms with Gasteiger partial charge in [-0.05, 0) is 28.8 Å². The fraction of sp³-hybridized carbons (Fsp3) is 0.316. The molecule has 3 heterocycles. The third kappa shape index (κ3) is 2.61.